The van der Waals surface area contributed by atoms with Crippen LogP contribution in [0.4, 0.5) is 0 Å². The highest BCUT2D eigenvalue weighted by atomic mass is 32.2. The number of rotatable bonds is 7. The zero-order valence-corrected chi connectivity index (χ0v) is 16.9. The molecule has 2 heterocycles. The zero-order valence-electron chi connectivity index (χ0n) is 15.3. The second-order valence-electron chi connectivity index (χ2n) is 7.20. The van der Waals surface area contributed by atoms with Gasteiger partial charge in [-0.2, -0.15) is 0 Å². The third-order valence-electron chi connectivity index (χ3n) is 4.94. The minimum absolute atomic E-state index is 0.00793. The van der Waals surface area contributed by atoms with Gasteiger partial charge in [0.05, 0.1) is 18.5 Å². The number of sulfonamides is 1. The molecule has 0 spiro atoms. The standard InChI is InChI=1S/C19H24N2O4S2/c1-13-10-20-19(26-13)14-2-4-16(5-3-14)25-12-15-11-24-9-8-18(15)21-27(22,23)17-6-7-17/h2-5,10,15,17-18,21H,6-9,11-12H2,1H3/t15-,18+/m1/s1. The molecule has 0 unspecified atom stereocenters. The molecular formula is C19H24N2O4S2. The lowest BCUT2D eigenvalue weighted by atomic mass is 9.98. The molecule has 0 amide bonds. The molecule has 1 saturated carbocycles. The molecule has 1 aromatic heterocycles. The molecule has 8 heteroatoms. The van der Waals surface area contributed by atoms with Crippen molar-refractivity contribution in [3.05, 3.63) is 35.3 Å². The lowest BCUT2D eigenvalue weighted by Gasteiger charge is -2.31. The van der Waals surface area contributed by atoms with Crippen LogP contribution in [0.3, 0.4) is 0 Å². The summed E-state index contributed by atoms with van der Waals surface area (Å²) in [7, 11) is -3.20. The molecule has 2 fully saturated rings. The molecular weight excluding hydrogens is 384 g/mol. The lowest BCUT2D eigenvalue weighted by molar-refractivity contribution is 0.0186. The predicted octanol–water partition coefficient (Wildman–Crippen LogP) is 2.98. The minimum atomic E-state index is -3.20. The quantitative estimate of drug-likeness (QED) is 0.762. The topological polar surface area (TPSA) is 77.5 Å². The Labute approximate surface area is 164 Å². The van der Waals surface area contributed by atoms with Crippen molar-refractivity contribution < 1.29 is 17.9 Å². The van der Waals surface area contributed by atoms with Crippen molar-refractivity contribution in [3.63, 3.8) is 0 Å². The van der Waals surface area contributed by atoms with Crippen LogP contribution in [0.5, 0.6) is 5.75 Å². The Kier molecular flexibility index (Phi) is 5.50. The molecule has 4 rings (SSSR count). The number of thiazole rings is 1. The first-order valence-electron chi connectivity index (χ1n) is 9.26. The summed E-state index contributed by atoms with van der Waals surface area (Å²) in [5, 5.41) is 0.790. The number of aryl methyl sites for hydroxylation is 1. The highest BCUT2D eigenvalue weighted by Gasteiger charge is 2.39. The highest BCUT2D eigenvalue weighted by molar-refractivity contribution is 7.90. The Balaban J connectivity index is 1.36. The van der Waals surface area contributed by atoms with E-state index in [1.807, 2.05) is 37.4 Å². The Hall–Kier alpha value is -1.48. The molecule has 1 aliphatic heterocycles. The van der Waals surface area contributed by atoms with E-state index >= 15 is 0 Å². The summed E-state index contributed by atoms with van der Waals surface area (Å²) >= 11 is 1.66. The van der Waals surface area contributed by atoms with Gasteiger partial charge in [0.25, 0.3) is 0 Å². The first-order chi connectivity index (χ1) is 13.0. The third kappa shape index (κ3) is 4.68. The van der Waals surface area contributed by atoms with Gasteiger partial charge >= 0.3 is 0 Å². The van der Waals surface area contributed by atoms with E-state index in [4.69, 9.17) is 9.47 Å². The maximum Gasteiger partial charge on any atom is 0.214 e. The third-order valence-corrected chi connectivity index (χ3v) is 7.88. The molecule has 27 heavy (non-hydrogen) atoms. The van der Waals surface area contributed by atoms with Crippen molar-refractivity contribution >= 4 is 21.4 Å². The maximum absolute atomic E-state index is 12.3. The molecule has 2 aromatic rings. The van der Waals surface area contributed by atoms with Crippen LogP contribution >= 0.6 is 11.3 Å². The number of hydrogen-bond donors (Lipinski definition) is 1. The van der Waals surface area contributed by atoms with Crippen LogP contribution in [0.25, 0.3) is 10.6 Å². The Morgan fingerprint density at radius 1 is 1.26 bits per heavy atom. The van der Waals surface area contributed by atoms with Crippen molar-refractivity contribution in [2.24, 2.45) is 5.92 Å². The van der Waals surface area contributed by atoms with Gasteiger partial charge in [-0.25, -0.2) is 18.1 Å². The molecule has 2 atom stereocenters. The molecule has 6 nitrogen and oxygen atoms in total. The van der Waals surface area contributed by atoms with E-state index in [1.165, 1.54) is 4.88 Å². The minimum Gasteiger partial charge on any atom is -0.493 e. The smallest absolute Gasteiger partial charge is 0.214 e. The largest absolute Gasteiger partial charge is 0.493 e. The van der Waals surface area contributed by atoms with Gasteiger partial charge in [-0.15, -0.1) is 11.3 Å². The van der Waals surface area contributed by atoms with E-state index in [2.05, 4.69) is 9.71 Å². The number of nitrogens with one attached hydrogen (secondary N) is 1. The van der Waals surface area contributed by atoms with Gasteiger partial charge in [-0.3, -0.25) is 0 Å². The Morgan fingerprint density at radius 3 is 2.70 bits per heavy atom. The summed E-state index contributed by atoms with van der Waals surface area (Å²) in [6, 6.07) is 7.73. The molecule has 1 aromatic carbocycles. The molecule has 1 aliphatic carbocycles. The van der Waals surface area contributed by atoms with Crippen LogP contribution in [0.15, 0.2) is 30.5 Å². The van der Waals surface area contributed by atoms with E-state index in [-0.39, 0.29) is 17.2 Å². The molecule has 2 aliphatic rings. The van der Waals surface area contributed by atoms with E-state index in [1.54, 1.807) is 11.3 Å². The first-order valence-corrected chi connectivity index (χ1v) is 11.6. The van der Waals surface area contributed by atoms with Crippen LogP contribution in [0.2, 0.25) is 0 Å². The fourth-order valence-corrected chi connectivity index (χ4v) is 5.64. The number of nitrogens with zero attached hydrogens (tertiary/aromatic N) is 1. The normalized spacial score (nSPS) is 23.3. The van der Waals surface area contributed by atoms with Crippen LogP contribution in [-0.2, 0) is 14.8 Å². The van der Waals surface area contributed by atoms with Gasteiger partial charge in [-0.1, -0.05) is 0 Å². The average Bonchev–Trinajstić information content (AvgIpc) is 3.44. The van der Waals surface area contributed by atoms with Crippen molar-refractivity contribution in [1.82, 2.24) is 9.71 Å². The van der Waals surface area contributed by atoms with Crippen LogP contribution in [0, 0.1) is 12.8 Å². The molecule has 0 bridgehead atoms. The highest BCUT2D eigenvalue weighted by Crippen LogP contribution is 2.30. The van der Waals surface area contributed by atoms with E-state index < -0.39 is 10.0 Å². The predicted molar refractivity (Wildman–Crippen MR) is 106 cm³/mol. The SMILES string of the molecule is Cc1cnc(-c2ccc(OC[C@H]3COCC[C@@H]3NS(=O)(=O)C3CC3)cc2)s1. The van der Waals surface area contributed by atoms with Gasteiger partial charge in [0.15, 0.2) is 0 Å². The Morgan fingerprint density at radius 2 is 2.04 bits per heavy atom. The van der Waals surface area contributed by atoms with Gasteiger partial charge in [-0.05, 0) is 50.5 Å². The van der Waals surface area contributed by atoms with Gasteiger partial charge in [0.1, 0.15) is 10.8 Å². The van der Waals surface area contributed by atoms with Crippen LogP contribution < -0.4 is 9.46 Å². The van der Waals surface area contributed by atoms with Crippen molar-refractivity contribution in [2.45, 2.75) is 37.5 Å². The van der Waals surface area contributed by atoms with E-state index in [9.17, 15) is 8.42 Å². The van der Waals surface area contributed by atoms with Gasteiger partial charge in [0.2, 0.25) is 10.0 Å². The molecule has 1 N–H and O–H groups in total. The van der Waals surface area contributed by atoms with Crippen LogP contribution in [0.1, 0.15) is 24.1 Å². The van der Waals surface area contributed by atoms with Gasteiger partial charge < -0.3 is 9.47 Å². The average molecular weight is 409 g/mol. The van der Waals surface area contributed by atoms with Crippen molar-refractivity contribution in [3.8, 4) is 16.3 Å². The van der Waals surface area contributed by atoms with Gasteiger partial charge in [0, 0.05) is 35.2 Å². The lowest BCUT2D eigenvalue weighted by Crippen LogP contribution is -2.48. The summed E-state index contributed by atoms with van der Waals surface area (Å²) in [4.78, 5) is 5.58. The number of aromatic nitrogens is 1. The monoisotopic (exact) mass is 408 g/mol. The zero-order chi connectivity index (χ0) is 18.9. The van der Waals surface area contributed by atoms with E-state index in [0.717, 1.165) is 29.2 Å². The second-order valence-corrected chi connectivity index (χ2v) is 10.4. The Bertz CT molecular complexity index is 875. The molecule has 1 saturated heterocycles. The number of hydrogen-bond acceptors (Lipinski definition) is 6. The number of ether oxygens (including phenoxy) is 2. The van der Waals surface area contributed by atoms with E-state index in [0.29, 0.717) is 26.2 Å². The van der Waals surface area contributed by atoms with Crippen molar-refractivity contribution in [1.29, 1.82) is 0 Å². The summed E-state index contributed by atoms with van der Waals surface area (Å²) in [5.74, 6) is 0.773. The number of benzene rings is 1. The summed E-state index contributed by atoms with van der Waals surface area (Å²) < 4.78 is 38.9. The summed E-state index contributed by atoms with van der Waals surface area (Å²) in [6.07, 6.45) is 4.09. The fraction of sp³-hybridized carbons (Fsp3) is 0.526. The summed E-state index contributed by atoms with van der Waals surface area (Å²) in [5.41, 5.74) is 1.07. The van der Waals surface area contributed by atoms with Crippen LogP contribution in [-0.4, -0.2) is 44.5 Å². The first kappa shape index (κ1) is 18.9. The van der Waals surface area contributed by atoms with Crippen molar-refractivity contribution in [2.75, 3.05) is 19.8 Å². The fourth-order valence-electron chi connectivity index (χ4n) is 3.19. The second kappa shape index (κ2) is 7.87. The summed E-state index contributed by atoms with van der Waals surface area (Å²) in [6.45, 7) is 3.55. The molecule has 146 valence electrons. The molecule has 0 radical (unpaired) electrons. The maximum atomic E-state index is 12.3.